The highest BCUT2D eigenvalue weighted by Crippen LogP contribution is 2.18. The maximum atomic E-state index is 13.0. The Hall–Kier alpha value is -1.47. The molecule has 0 aliphatic carbocycles. The van der Waals surface area contributed by atoms with Crippen LogP contribution in [0.25, 0.3) is 0 Å². The van der Waals surface area contributed by atoms with Crippen LogP contribution in [-0.2, 0) is 9.78 Å². The maximum absolute atomic E-state index is 13.0. The number of hydrogen-bond acceptors (Lipinski definition) is 5. The Morgan fingerprint density at radius 3 is 3.14 bits per heavy atom. The lowest BCUT2D eigenvalue weighted by atomic mass is 10.4. The zero-order valence-corrected chi connectivity index (χ0v) is 7.14. The first kappa shape index (κ1) is 9.10. The van der Waals surface area contributed by atoms with Gasteiger partial charge in [-0.15, -0.1) is 0 Å². The fraction of sp³-hybridized carbons (Fsp3) is 0.429. The molecular weight excluding hydrogens is 193 g/mol. The van der Waals surface area contributed by atoms with Gasteiger partial charge in [-0.3, -0.25) is 4.57 Å². The van der Waals surface area contributed by atoms with Crippen LogP contribution >= 0.6 is 0 Å². The summed E-state index contributed by atoms with van der Waals surface area (Å²) in [6.07, 6.45) is 0.819. The third-order valence-electron chi connectivity index (χ3n) is 1.87. The number of anilines is 1. The van der Waals surface area contributed by atoms with Gasteiger partial charge in [-0.05, 0) is 0 Å². The Balaban J connectivity index is 2.42. The van der Waals surface area contributed by atoms with Gasteiger partial charge < -0.3 is 5.73 Å². The Labute approximate surface area is 78.0 Å². The van der Waals surface area contributed by atoms with Gasteiger partial charge in [0.05, 0.1) is 12.8 Å². The lowest BCUT2D eigenvalue weighted by Gasteiger charge is -2.09. The molecular formula is C7H8FN3O3. The second-order valence-corrected chi connectivity index (χ2v) is 2.83. The van der Waals surface area contributed by atoms with Crippen LogP contribution in [-0.4, -0.2) is 16.2 Å². The van der Waals surface area contributed by atoms with Crippen LogP contribution in [0.3, 0.4) is 0 Å². The van der Waals surface area contributed by atoms with Crippen molar-refractivity contribution in [2.45, 2.75) is 12.6 Å². The molecule has 2 N–H and O–H groups in total. The van der Waals surface area contributed by atoms with Crippen molar-refractivity contribution < 1.29 is 14.2 Å². The zero-order chi connectivity index (χ0) is 10.1. The first-order valence-corrected chi connectivity index (χ1v) is 4.01. The summed E-state index contributed by atoms with van der Waals surface area (Å²) in [6.45, 7) is 0.364. The van der Waals surface area contributed by atoms with E-state index in [0.717, 1.165) is 10.8 Å². The van der Waals surface area contributed by atoms with Crippen LogP contribution in [0, 0.1) is 5.82 Å². The van der Waals surface area contributed by atoms with E-state index in [-0.39, 0.29) is 0 Å². The predicted molar refractivity (Wildman–Crippen MR) is 43.6 cm³/mol. The fourth-order valence-corrected chi connectivity index (χ4v) is 1.17. The average molecular weight is 201 g/mol. The molecule has 1 unspecified atom stereocenters. The molecule has 14 heavy (non-hydrogen) atoms. The van der Waals surface area contributed by atoms with Gasteiger partial charge in [0, 0.05) is 6.42 Å². The van der Waals surface area contributed by atoms with Crippen LogP contribution in [0.15, 0.2) is 11.0 Å². The zero-order valence-electron chi connectivity index (χ0n) is 7.14. The number of nitrogens with two attached hydrogens (primary N) is 1. The van der Waals surface area contributed by atoms with E-state index in [1.807, 2.05) is 0 Å². The quantitative estimate of drug-likeness (QED) is 0.637. The average Bonchev–Trinajstić information content (AvgIpc) is 2.64. The van der Waals surface area contributed by atoms with Crippen LogP contribution in [0.5, 0.6) is 0 Å². The molecule has 2 rings (SSSR count). The molecule has 6 nitrogen and oxygen atoms in total. The lowest BCUT2D eigenvalue weighted by molar-refractivity contribution is -0.292. The van der Waals surface area contributed by atoms with E-state index in [4.69, 9.17) is 10.6 Å². The first-order valence-electron chi connectivity index (χ1n) is 4.01. The number of nitrogen functional groups attached to an aromatic ring is 1. The summed E-state index contributed by atoms with van der Waals surface area (Å²) in [4.78, 5) is 23.9. The van der Waals surface area contributed by atoms with Gasteiger partial charge in [-0.2, -0.15) is 4.98 Å². The Morgan fingerprint density at radius 1 is 1.71 bits per heavy atom. The van der Waals surface area contributed by atoms with Crippen molar-refractivity contribution in [3.63, 3.8) is 0 Å². The van der Waals surface area contributed by atoms with Crippen molar-refractivity contribution >= 4 is 5.82 Å². The lowest BCUT2D eigenvalue weighted by Crippen LogP contribution is -2.28. The van der Waals surface area contributed by atoms with E-state index >= 15 is 0 Å². The van der Waals surface area contributed by atoms with Gasteiger partial charge in [0.15, 0.2) is 17.9 Å². The molecule has 1 fully saturated rings. The van der Waals surface area contributed by atoms with Gasteiger partial charge in [-0.1, -0.05) is 0 Å². The predicted octanol–water partition coefficient (Wildman–Crippen LogP) is -0.185. The largest absolute Gasteiger partial charge is 0.381 e. The minimum Gasteiger partial charge on any atom is -0.381 e. The third-order valence-corrected chi connectivity index (χ3v) is 1.87. The molecule has 0 amide bonds. The van der Waals surface area contributed by atoms with Crippen molar-refractivity contribution in [1.82, 2.24) is 9.55 Å². The topological polar surface area (TPSA) is 79.4 Å². The van der Waals surface area contributed by atoms with Crippen molar-refractivity contribution in [1.29, 1.82) is 0 Å². The molecule has 0 bridgehead atoms. The second-order valence-electron chi connectivity index (χ2n) is 2.83. The van der Waals surface area contributed by atoms with Crippen LogP contribution in [0.4, 0.5) is 10.2 Å². The molecule has 0 saturated carbocycles. The molecule has 1 aliphatic rings. The van der Waals surface area contributed by atoms with Crippen LogP contribution in [0.2, 0.25) is 0 Å². The minimum atomic E-state index is -0.750. The van der Waals surface area contributed by atoms with Gasteiger partial charge in [0.2, 0.25) is 0 Å². The molecule has 7 heteroatoms. The molecule has 1 atom stereocenters. The monoisotopic (exact) mass is 201 g/mol. The molecule has 1 aromatic rings. The number of nitrogens with zero attached hydrogens (tertiary/aromatic N) is 2. The van der Waals surface area contributed by atoms with Crippen molar-refractivity contribution in [2.75, 3.05) is 12.3 Å². The van der Waals surface area contributed by atoms with Gasteiger partial charge >= 0.3 is 5.69 Å². The van der Waals surface area contributed by atoms with Gasteiger partial charge in [0.25, 0.3) is 0 Å². The van der Waals surface area contributed by atoms with Crippen molar-refractivity contribution in [3.05, 3.63) is 22.5 Å². The second kappa shape index (κ2) is 3.35. The fourth-order valence-electron chi connectivity index (χ4n) is 1.17. The van der Waals surface area contributed by atoms with Crippen LogP contribution in [0.1, 0.15) is 12.6 Å². The summed E-state index contributed by atoms with van der Waals surface area (Å²) in [5.41, 5.74) is 4.46. The first-order chi connectivity index (χ1) is 6.68. The molecule has 1 aliphatic heterocycles. The van der Waals surface area contributed by atoms with Crippen LogP contribution < -0.4 is 11.4 Å². The summed E-state index contributed by atoms with van der Waals surface area (Å²) >= 11 is 0. The molecule has 1 saturated heterocycles. The number of rotatable bonds is 1. The standard InChI is InChI=1S/C7H8FN3O3/c8-4-3-11(5-1-2-13-14-5)7(12)10-6(4)9/h3,5H,1-2H2,(H2,9,10,12). The number of aromatic nitrogens is 2. The smallest absolute Gasteiger partial charge is 0.351 e. The summed E-state index contributed by atoms with van der Waals surface area (Å²) in [5, 5.41) is 0. The number of hydrogen-bond donors (Lipinski definition) is 1. The van der Waals surface area contributed by atoms with Gasteiger partial charge in [-0.25, -0.2) is 19.0 Å². The van der Waals surface area contributed by atoms with E-state index in [0.29, 0.717) is 13.0 Å². The molecule has 0 radical (unpaired) electrons. The highest BCUT2D eigenvalue weighted by atomic mass is 19.1. The SMILES string of the molecule is Nc1nc(=O)n(C2CCOO2)cc1F. The Morgan fingerprint density at radius 2 is 2.50 bits per heavy atom. The Bertz CT molecular complexity index is 400. The van der Waals surface area contributed by atoms with Crippen molar-refractivity contribution in [3.8, 4) is 0 Å². The number of halogens is 1. The van der Waals surface area contributed by atoms with E-state index in [1.165, 1.54) is 0 Å². The normalized spacial score (nSPS) is 21.4. The summed E-state index contributed by atoms with van der Waals surface area (Å²) in [5.74, 6) is -1.16. The molecule has 76 valence electrons. The summed E-state index contributed by atoms with van der Waals surface area (Å²) in [6, 6.07) is 0. The minimum absolute atomic E-state index is 0.364. The molecule has 0 aromatic carbocycles. The van der Waals surface area contributed by atoms with Gasteiger partial charge in [0.1, 0.15) is 0 Å². The van der Waals surface area contributed by atoms with E-state index in [1.54, 1.807) is 0 Å². The maximum Gasteiger partial charge on any atom is 0.351 e. The third kappa shape index (κ3) is 1.47. The van der Waals surface area contributed by atoms with E-state index in [2.05, 4.69) is 9.87 Å². The van der Waals surface area contributed by atoms with E-state index in [9.17, 15) is 9.18 Å². The highest BCUT2D eigenvalue weighted by Gasteiger charge is 2.21. The Kier molecular flexibility index (Phi) is 2.18. The molecule has 2 heterocycles. The summed E-state index contributed by atoms with van der Waals surface area (Å²) in [7, 11) is 0. The molecule has 1 aromatic heterocycles. The highest BCUT2D eigenvalue weighted by molar-refractivity contribution is 5.26. The van der Waals surface area contributed by atoms with E-state index < -0.39 is 23.6 Å². The van der Waals surface area contributed by atoms with Crippen molar-refractivity contribution in [2.24, 2.45) is 0 Å². The molecule has 0 spiro atoms. The summed E-state index contributed by atoms with van der Waals surface area (Å²) < 4.78 is 14.0.